The van der Waals surface area contributed by atoms with Crippen LogP contribution < -0.4 is 5.32 Å². The molecule has 108 valence electrons. The fraction of sp³-hybridized carbons (Fsp3) is 0.600. The van der Waals surface area contributed by atoms with Crippen LogP contribution in [0, 0.1) is 5.92 Å². The molecular formula is C15H25NO3. The molecule has 2 unspecified atom stereocenters. The van der Waals surface area contributed by atoms with Gasteiger partial charge in [-0.1, -0.05) is 13.3 Å². The Morgan fingerprint density at radius 2 is 1.74 bits per heavy atom. The van der Waals surface area contributed by atoms with Gasteiger partial charge >= 0.3 is 0 Å². The summed E-state index contributed by atoms with van der Waals surface area (Å²) in [6.45, 7) is 5.18. The lowest BCUT2D eigenvalue weighted by Crippen LogP contribution is -2.26. The number of aliphatic hydroxyl groups excluding tert-OH is 1. The van der Waals surface area contributed by atoms with E-state index in [-0.39, 0.29) is 24.1 Å². The highest BCUT2D eigenvalue weighted by Gasteiger charge is 2.11. The van der Waals surface area contributed by atoms with E-state index in [0.29, 0.717) is 5.92 Å². The van der Waals surface area contributed by atoms with Gasteiger partial charge in [0.2, 0.25) is 0 Å². The van der Waals surface area contributed by atoms with E-state index in [0.717, 1.165) is 31.4 Å². The van der Waals surface area contributed by atoms with Gasteiger partial charge in [0.25, 0.3) is 0 Å². The zero-order chi connectivity index (χ0) is 14.3. The van der Waals surface area contributed by atoms with Crippen LogP contribution in [-0.4, -0.2) is 28.5 Å². The molecule has 19 heavy (non-hydrogen) atoms. The molecule has 1 rings (SSSR count). The predicted octanol–water partition coefficient (Wildman–Crippen LogP) is 2.55. The molecule has 0 aliphatic heterocycles. The van der Waals surface area contributed by atoms with E-state index in [1.54, 1.807) is 12.1 Å². The van der Waals surface area contributed by atoms with Gasteiger partial charge in [-0.05, 0) is 49.9 Å². The number of phenolic OH excluding ortho intramolecular Hbond substituents is 2. The molecular weight excluding hydrogens is 242 g/mol. The van der Waals surface area contributed by atoms with Crippen molar-refractivity contribution in [1.29, 1.82) is 0 Å². The van der Waals surface area contributed by atoms with Crippen molar-refractivity contribution >= 4 is 0 Å². The topological polar surface area (TPSA) is 72.7 Å². The Morgan fingerprint density at radius 3 is 2.26 bits per heavy atom. The van der Waals surface area contributed by atoms with Crippen LogP contribution in [0.5, 0.6) is 11.5 Å². The van der Waals surface area contributed by atoms with Crippen LogP contribution in [0.4, 0.5) is 0 Å². The third-order valence-electron chi connectivity index (χ3n) is 3.37. The fourth-order valence-corrected chi connectivity index (χ4v) is 2.27. The minimum Gasteiger partial charge on any atom is -0.508 e. The molecule has 4 N–H and O–H groups in total. The average molecular weight is 267 g/mol. The third-order valence-corrected chi connectivity index (χ3v) is 3.37. The van der Waals surface area contributed by atoms with Gasteiger partial charge in [-0.25, -0.2) is 0 Å². The van der Waals surface area contributed by atoms with Crippen molar-refractivity contribution in [3.8, 4) is 11.5 Å². The molecule has 0 aliphatic carbocycles. The molecule has 2 atom stereocenters. The maximum absolute atomic E-state index is 9.47. The van der Waals surface area contributed by atoms with Crippen LogP contribution in [0.1, 0.15) is 44.7 Å². The van der Waals surface area contributed by atoms with Crippen molar-refractivity contribution in [2.24, 2.45) is 5.92 Å². The average Bonchev–Trinajstić information content (AvgIpc) is 2.35. The van der Waals surface area contributed by atoms with E-state index in [9.17, 15) is 10.2 Å². The summed E-state index contributed by atoms with van der Waals surface area (Å²) in [4.78, 5) is 0. The van der Waals surface area contributed by atoms with Crippen molar-refractivity contribution in [3.63, 3.8) is 0 Å². The first-order chi connectivity index (χ1) is 9.06. The van der Waals surface area contributed by atoms with Crippen LogP contribution in [-0.2, 0) is 0 Å². The van der Waals surface area contributed by atoms with Crippen LogP contribution in [0.3, 0.4) is 0 Å². The maximum Gasteiger partial charge on any atom is 0.119 e. The zero-order valence-corrected chi connectivity index (χ0v) is 11.8. The highest BCUT2D eigenvalue weighted by Crippen LogP contribution is 2.25. The number of hydrogen-bond donors (Lipinski definition) is 4. The summed E-state index contributed by atoms with van der Waals surface area (Å²) in [5.41, 5.74) is 0.858. The molecule has 0 spiro atoms. The summed E-state index contributed by atoms with van der Waals surface area (Å²) < 4.78 is 0. The molecule has 0 aromatic heterocycles. The molecule has 0 saturated carbocycles. The number of rotatable bonds is 8. The Morgan fingerprint density at radius 1 is 1.11 bits per heavy atom. The molecule has 0 amide bonds. The fourth-order valence-electron chi connectivity index (χ4n) is 2.27. The van der Waals surface area contributed by atoms with Crippen molar-refractivity contribution in [2.45, 2.75) is 39.2 Å². The van der Waals surface area contributed by atoms with Crippen LogP contribution in [0.25, 0.3) is 0 Å². The van der Waals surface area contributed by atoms with Crippen molar-refractivity contribution in [1.82, 2.24) is 5.32 Å². The van der Waals surface area contributed by atoms with E-state index >= 15 is 0 Å². The van der Waals surface area contributed by atoms with E-state index < -0.39 is 0 Å². The quantitative estimate of drug-likeness (QED) is 0.584. The standard InChI is InChI=1S/C15H25NO3/c1-3-4-12(5-6-17)10-16-11(2)13-7-14(18)9-15(19)8-13/h7-9,11-12,16-19H,3-6,10H2,1-2H3. The predicted molar refractivity (Wildman–Crippen MR) is 76.3 cm³/mol. The molecule has 0 radical (unpaired) electrons. The Labute approximate surface area is 115 Å². The SMILES string of the molecule is CCCC(CCO)CNC(C)c1cc(O)cc(O)c1. The smallest absolute Gasteiger partial charge is 0.119 e. The van der Waals surface area contributed by atoms with E-state index in [1.807, 2.05) is 6.92 Å². The van der Waals surface area contributed by atoms with Crippen LogP contribution in [0.2, 0.25) is 0 Å². The molecule has 4 nitrogen and oxygen atoms in total. The number of phenols is 2. The molecule has 4 heteroatoms. The summed E-state index contributed by atoms with van der Waals surface area (Å²) in [5, 5.41) is 31.3. The lowest BCUT2D eigenvalue weighted by atomic mass is 9.99. The van der Waals surface area contributed by atoms with Gasteiger partial charge in [0.1, 0.15) is 11.5 Å². The summed E-state index contributed by atoms with van der Waals surface area (Å²) in [5.74, 6) is 0.608. The number of aliphatic hydroxyl groups is 1. The normalized spacial score (nSPS) is 14.3. The second kappa shape index (κ2) is 8.02. The minimum absolute atomic E-state index is 0.0519. The lowest BCUT2D eigenvalue weighted by molar-refractivity contribution is 0.246. The molecule has 1 aromatic rings. The highest BCUT2D eigenvalue weighted by molar-refractivity contribution is 5.37. The van der Waals surface area contributed by atoms with Gasteiger partial charge in [-0.15, -0.1) is 0 Å². The highest BCUT2D eigenvalue weighted by atomic mass is 16.3. The first-order valence-electron chi connectivity index (χ1n) is 6.94. The van der Waals surface area contributed by atoms with Crippen molar-refractivity contribution < 1.29 is 15.3 Å². The van der Waals surface area contributed by atoms with Crippen molar-refractivity contribution in [2.75, 3.05) is 13.2 Å². The van der Waals surface area contributed by atoms with Gasteiger partial charge < -0.3 is 20.6 Å². The van der Waals surface area contributed by atoms with E-state index in [4.69, 9.17) is 5.11 Å². The van der Waals surface area contributed by atoms with Gasteiger partial charge in [-0.2, -0.15) is 0 Å². The Kier molecular flexibility index (Phi) is 6.67. The molecule has 0 saturated heterocycles. The third kappa shape index (κ3) is 5.49. The van der Waals surface area contributed by atoms with E-state index in [1.165, 1.54) is 6.07 Å². The van der Waals surface area contributed by atoms with Gasteiger partial charge in [0, 0.05) is 18.7 Å². The molecule has 0 aliphatic rings. The molecule has 0 heterocycles. The Balaban J connectivity index is 2.55. The maximum atomic E-state index is 9.47. The van der Waals surface area contributed by atoms with Gasteiger partial charge in [0.15, 0.2) is 0 Å². The zero-order valence-electron chi connectivity index (χ0n) is 11.8. The molecule has 1 aromatic carbocycles. The molecule has 0 bridgehead atoms. The Bertz CT molecular complexity index is 355. The van der Waals surface area contributed by atoms with Crippen molar-refractivity contribution in [3.05, 3.63) is 23.8 Å². The minimum atomic E-state index is 0.0519. The monoisotopic (exact) mass is 267 g/mol. The Hall–Kier alpha value is -1.26. The number of benzene rings is 1. The summed E-state index contributed by atoms with van der Waals surface area (Å²) >= 11 is 0. The largest absolute Gasteiger partial charge is 0.508 e. The first kappa shape index (κ1) is 15.8. The number of hydrogen-bond acceptors (Lipinski definition) is 4. The van der Waals surface area contributed by atoms with Crippen LogP contribution >= 0.6 is 0 Å². The molecule has 0 fully saturated rings. The second-order valence-electron chi connectivity index (χ2n) is 5.08. The van der Waals surface area contributed by atoms with Crippen LogP contribution in [0.15, 0.2) is 18.2 Å². The van der Waals surface area contributed by atoms with E-state index in [2.05, 4.69) is 12.2 Å². The number of aromatic hydroxyl groups is 2. The lowest BCUT2D eigenvalue weighted by Gasteiger charge is -2.20. The van der Waals surface area contributed by atoms with Gasteiger partial charge in [-0.3, -0.25) is 0 Å². The summed E-state index contributed by atoms with van der Waals surface area (Å²) in [6, 6.07) is 4.68. The summed E-state index contributed by atoms with van der Waals surface area (Å²) in [6.07, 6.45) is 3.00. The first-order valence-corrected chi connectivity index (χ1v) is 6.94. The van der Waals surface area contributed by atoms with Gasteiger partial charge in [0.05, 0.1) is 0 Å². The number of nitrogens with one attached hydrogen (secondary N) is 1. The summed E-state index contributed by atoms with van der Waals surface area (Å²) in [7, 11) is 0. The second-order valence-corrected chi connectivity index (χ2v) is 5.08.